The number of nitrogens with zero attached hydrogens (tertiary/aromatic N) is 2. The Hall–Kier alpha value is -2.20. The standard InChI is InChI=1S/C28H50N8O2/c1-23(2)15-27(16-24(3,4)33-23)19(29)35(21(37)31-27)13-11-9-10-12-14-36-20(30)28(32-22(36)38)17-25(5,6)34-26(7,8)18-28/h29-30,33-34H,9-18H2,1-8H3,(H,31,37)(H,32,38). The number of hydrogen-bond donors (Lipinski definition) is 6. The molecule has 4 saturated heterocycles. The van der Waals surface area contributed by atoms with Crippen LogP contribution in [-0.2, 0) is 0 Å². The van der Waals surface area contributed by atoms with Crippen molar-refractivity contribution in [3.8, 4) is 0 Å². The molecule has 2 spiro atoms. The maximum absolute atomic E-state index is 12.9. The van der Waals surface area contributed by atoms with E-state index in [9.17, 15) is 9.59 Å². The molecule has 4 amide bonds. The highest BCUT2D eigenvalue weighted by Crippen LogP contribution is 2.41. The molecule has 10 heteroatoms. The fraction of sp³-hybridized carbons (Fsp3) is 0.857. The van der Waals surface area contributed by atoms with Crippen molar-refractivity contribution in [3.63, 3.8) is 0 Å². The van der Waals surface area contributed by atoms with Gasteiger partial charge < -0.3 is 21.3 Å². The number of carbonyl (C=O) groups is 2. The summed E-state index contributed by atoms with van der Waals surface area (Å²) < 4.78 is 0. The summed E-state index contributed by atoms with van der Waals surface area (Å²) in [6.45, 7) is 18.1. The second kappa shape index (κ2) is 9.18. The van der Waals surface area contributed by atoms with Gasteiger partial charge in [-0.2, -0.15) is 0 Å². The van der Waals surface area contributed by atoms with Crippen molar-refractivity contribution in [1.29, 1.82) is 10.8 Å². The Bertz CT molecular complexity index is 902. The van der Waals surface area contributed by atoms with Gasteiger partial charge in [0.25, 0.3) is 0 Å². The molecule has 10 nitrogen and oxygen atoms in total. The molecule has 0 aromatic rings. The van der Waals surface area contributed by atoms with E-state index < -0.39 is 11.1 Å². The minimum atomic E-state index is -0.619. The lowest BCUT2D eigenvalue weighted by molar-refractivity contribution is 0.126. The van der Waals surface area contributed by atoms with Gasteiger partial charge in [0.2, 0.25) is 0 Å². The zero-order chi connectivity index (χ0) is 28.4. The molecule has 38 heavy (non-hydrogen) atoms. The van der Waals surface area contributed by atoms with Gasteiger partial charge in [0.05, 0.1) is 0 Å². The van der Waals surface area contributed by atoms with Crippen molar-refractivity contribution >= 4 is 23.7 Å². The van der Waals surface area contributed by atoms with Crippen molar-refractivity contribution in [1.82, 2.24) is 31.1 Å². The number of nitrogens with one attached hydrogen (secondary N) is 6. The first kappa shape index (κ1) is 28.8. The molecule has 4 aliphatic rings. The third kappa shape index (κ3) is 5.57. The second-order valence-corrected chi connectivity index (χ2v) is 14.9. The number of amidine groups is 2. The van der Waals surface area contributed by atoms with Gasteiger partial charge in [-0.1, -0.05) is 12.8 Å². The Balaban J connectivity index is 1.25. The van der Waals surface area contributed by atoms with E-state index >= 15 is 0 Å². The monoisotopic (exact) mass is 530 g/mol. The van der Waals surface area contributed by atoms with Crippen LogP contribution in [0.4, 0.5) is 9.59 Å². The Morgan fingerprint density at radius 2 is 0.868 bits per heavy atom. The zero-order valence-electron chi connectivity index (χ0n) is 24.8. The highest BCUT2D eigenvalue weighted by atomic mass is 16.2. The molecule has 0 bridgehead atoms. The molecular weight excluding hydrogens is 480 g/mol. The smallest absolute Gasteiger partial charge is 0.323 e. The van der Waals surface area contributed by atoms with E-state index in [0.29, 0.717) is 50.4 Å². The molecule has 0 aliphatic carbocycles. The summed E-state index contributed by atoms with van der Waals surface area (Å²) in [7, 11) is 0. The van der Waals surface area contributed by atoms with Gasteiger partial charge in [0.1, 0.15) is 22.7 Å². The van der Waals surface area contributed by atoms with Crippen molar-refractivity contribution in [2.24, 2.45) is 0 Å². The summed E-state index contributed by atoms with van der Waals surface area (Å²) in [6.07, 6.45) is 6.19. The average molecular weight is 531 g/mol. The molecule has 0 atom stereocenters. The van der Waals surface area contributed by atoms with E-state index in [-0.39, 0.29) is 34.2 Å². The molecule has 4 fully saturated rings. The first-order chi connectivity index (χ1) is 17.3. The zero-order valence-corrected chi connectivity index (χ0v) is 24.8. The minimum absolute atomic E-state index is 0.163. The summed E-state index contributed by atoms with van der Waals surface area (Å²) in [5.74, 6) is 0.788. The van der Waals surface area contributed by atoms with Gasteiger partial charge in [-0.05, 0) is 93.9 Å². The van der Waals surface area contributed by atoms with Crippen LogP contribution >= 0.6 is 0 Å². The molecule has 0 saturated carbocycles. The van der Waals surface area contributed by atoms with E-state index in [2.05, 4.69) is 76.7 Å². The lowest BCUT2D eigenvalue weighted by Gasteiger charge is -2.51. The number of hydrogen-bond acceptors (Lipinski definition) is 6. The number of unbranched alkanes of at least 4 members (excludes halogenated alkanes) is 3. The molecule has 4 heterocycles. The number of piperidine rings is 2. The van der Waals surface area contributed by atoms with E-state index in [1.54, 1.807) is 9.80 Å². The van der Waals surface area contributed by atoms with Gasteiger partial charge >= 0.3 is 12.1 Å². The summed E-state index contributed by atoms with van der Waals surface area (Å²) in [6, 6.07) is -0.326. The molecule has 0 aromatic carbocycles. The normalized spacial score (nSPS) is 28.2. The van der Waals surface area contributed by atoms with Gasteiger partial charge in [-0.3, -0.25) is 20.6 Å². The third-order valence-corrected chi connectivity index (χ3v) is 8.47. The van der Waals surface area contributed by atoms with E-state index in [1.165, 1.54) is 0 Å². The Morgan fingerprint density at radius 1 is 0.579 bits per heavy atom. The summed E-state index contributed by atoms with van der Waals surface area (Å²) in [4.78, 5) is 29.0. The van der Waals surface area contributed by atoms with Crippen LogP contribution in [0.1, 0.15) is 107 Å². The molecule has 4 rings (SSSR count). The van der Waals surface area contributed by atoms with Crippen LogP contribution in [-0.4, -0.2) is 79.9 Å². The molecule has 4 aliphatic heterocycles. The minimum Gasteiger partial charge on any atom is -0.325 e. The predicted molar refractivity (Wildman–Crippen MR) is 151 cm³/mol. The third-order valence-electron chi connectivity index (χ3n) is 8.47. The first-order valence-corrected chi connectivity index (χ1v) is 14.3. The lowest BCUT2D eigenvalue weighted by atomic mass is 9.70. The van der Waals surface area contributed by atoms with Crippen molar-refractivity contribution in [2.45, 2.75) is 140 Å². The summed E-state index contributed by atoms with van der Waals surface area (Å²) >= 11 is 0. The molecule has 0 aromatic heterocycles. The number of amides is 4. The fourth-order valence-electron chi connectivity index (χ4n) is 8.37. The largest absolute Gasteiger partial charge is 0.325 e. The van der Waals surface area contributed by atoms with Crippen LogP contribution in [0.15, 0.2) is 0 Å². The van der Waals surface area contributed by atoms with Gasteiger partial charge in [-0.25, -0.2) is 9.59 Å². The molecule has 0 unspecified atom stereocenters. The maximum Gasteiger partial charge on any atom is 0.323 e. The van der Waals surface area contributed by atoms with Crippen LogP contribution in [0.3, 0.4) is 0 Å². The highest BCUT2D eigenvalue weighted by Gasteiger charge is 2.57. The Kier molecular flexibility index (Phi) is 6.96. The van der Waals surface area contributed by atoms with E-state index in [0.717, 1.165) is 25.7 Å². The highest BCUT2D eigenvalue weighted by molar-refractivity contribution is 6.09. The Morgan fingerprint density at radius 3 is 1.16 bits per heavy atom. The van der Waals surface area contributed by atoms with Gasteiger partial charge in [0.15, 0.2) is 0 Å². The lowest BCUT2D eigenvalue weighted by Crippen LogP contribution is -2.68. The van der Waals surface area contributed by atoms with Gasteiger partial charge in [0, 0.05) is 35.2 Å². The Labute approximate surface area is 228 Å². The topological polar surface area (TPSA) is 136 Å². The van der Waals surface area contributed by atoms with Crippen molar-refractivity contribution in [3.05, 3.63) is 0 Å². The number of rotatable bonds is 7. The van der Waals surface area contributed by atoms with Crippen molar-refractivity contribution < 1.29 is 9.59 Å². The van der Waals surface area contributed by atoms with Crippen LogP contribution in [0.2, 0.25) is 0 Å². The SMILES string of the molecule is CC1(C)CC2(CC(C)(C)N1)NC(=O)N(CCCCCCN1C(=N)C3(CC(C)(C)NC(C)(C)C3)NC1=O)C2=N. The predicted octanol–water partition coefficient (Wildman–Crippen LogP) is 3.91. The molecule has 214 valence electrons. The average Bonchev–Trinajstić information content (AvgIpc) is 3.02. The number of carbonyl (C=O) groups excluding carboxylic acids is 2. The van der Waals surface area contributed by atoms with Crippen LogP contribution in [0.25, 0.3) is 0 Å². The molecule has 0 radical (unpaired) electrons. The van der Waals surface area contributed by atoms with Crippen LogP contribution in [0, 0.1) is 10.8 Å². The van der Waals surface area contributed by atoms with E-state index in [1.807, 2.05) is 0 Å². The fourth-order valence-corrected chi connectivity index (χ4v) is 8.37. The maximum atomic E-state index is 12.9. The van der Waals surface area contributed by atoms with E-state index in [4.69, 9.17) is 10.8 Å². The van der Waals surface area contributed by atoms with Gasteiger partial charge in [-0.15, -0.1) is 0 Å². The first-order valence-electron chi connectivity index (χ1n) is 14.3. The number of urea groups is 2. The summed E-state index contributed by atoms with van der Waals surface area (Å²) in [5, 5.41) is 31.4. The van der Waals surface area contributed by atoms with Crippen LogP contribution in [0.5, 0.6) is 0 Å². The molecular formula is C28H50N8O2. The quantitative estimate of drug-likeness (QED) is 0.278. The van der Waals surface area contributed by atoms with Crippen molar-refractivity contribution in [2.75, 3.05) is 13.1 Å². The second-order valence-electron chi connectivity index (χ2n) is 14.9. The summed E-state index contributed by atoms with van der Waals surface area (Å²) in [5.41, 5.74) is -1.94. The van der Waals surface area contributed by atoms with Crippen LogP contribution < -0.4 is 21.3 Å². The molecule has 6 N–H and O–H groups in total.